The maximum atomic E-state index is 13.5. The van der Waals surface area contributed by atoms with Crippen molar-refractivity contribution >= 4 is 0 Å². The first-order valence-corrected chi connectivity index (χ1v) is 6.37. The highest BCUT2D eigenvalue weighted by molar-refractivity contribution is 5.38. The Morgan fingerprint density at radius 1 is 1.39 bits per heavy atom. The molecule has 0 atom stereocenters. The molecule has 1 aromatic rings. The molecule has 0 aliphatic heterocycles. The lowest BCUT2D eigenvalue weighted by molar-refractivity contribution is 0.152. The van der Waals surface area contributed by atoms with Crippen LogP contribution in [0.25, 0.3) is 0 Å². The Labute approximate surface area is 108 Å². The second-order valence-electron chi connectivity index (χ2n) is 4.85. The lowest BCUT2D eigenvalue weighted by atomic mass is 9.91. The molecular formula is C15H19FN2. The molecule has 2 nitrogen and oxygen atoms in total. The fourth-order valence-electron chi connectivity index (χ4n) is 2.21. The van der Waals surface area contributed by atoms with Gasteiger partial charge in [0.05, 0.1) is 6.54 Å². The first kappa shape index (κ1) is 13.1. The predicted molar refractivity (Wildman–Crippen MR) is 71.4 cm³/mol. The van der Waals surface area contributed by atoms with Crippen LogP contribution in [-0.4, -0.2) is 24.5 Å². The second kappa shape index (κ2) is 5.99. The van der Waals surface area contributed by atoms with E-state index in [2.05, 4.69) is 23.8 Å². The summed E-state index contributed by atoms with van der Waals surface area (Å²) >= 11 is 0. The molecule has 0 spiro atoms. The van der Waals surface area contributed by atoms with Crippen molar-refractivity contribution in [3.63, 3.8) is 0 Å². The van der Waals surface area contributed by atoms with E-state index in [-0.39, 0.29) is 5.82 Å². The quantitative estimate of drug-likeness (QED) is 0.828. The average molecular weight is 246 g/mol. The molecule has 1 aliphatic rings. The molecule has 3 heteroatoms. The number of benzene rings is 1. The van der Waals surface area contributed by atoms with Crippen LogP contribution < -0.4 is 5.73 Å². The number of hydrogen-bond acceptors (Lipinski definition) is 2. The van der Waals surface area contributed by atoms with Crippen LogP contribution >= 0.6 is 0 Å². The van der Waals surface area contributed by atoms with E-state index in [0.717, 1.165) is 12.1 Å². The fourth-order valence-corrected chi connectivity index (χ4v) is 2.21. The van der Waals surface area contributed by atoms with Crippen LogP contribution in [0, 0.1) is 17.7 Å². The standard InChI is InChI=1S/C15H19FN2/c1-18(15-5-2-6-15)11-13-8-12(4-3-7-17)9-14(16)10-13/h8-10,15H,2,5-7,11,17H2,1H3. The highest BCUT2D eigenvalue weighted by Gasteiger charge is 2.21. The van der Waals surface area contributed by atoms with Crippen LogP contribution in [0.15, 0.2) is 18.2 Å². The Morgan fingerprint density at radius 2 is 2.17 bits per heavy atom. The van der Waals surface area contributed by atoms with Crippen LogP contribution in [-0.2, 0) is 6.54 Å². The maximum absolute atomic E-state index is 13.5. The zero-order valence-electron chi connectivity index (χ0n) is 10.7. The van der Waals surface area contributed by atoms with Crippen molar-refractivity contribution in [1.29, 1.82) is 0 Å². The van der Waals surface area contributed by atoms with Crippen molar-refractivity contribution < 1.29 is 4.39 Å². The minimum Gasteiger partial charge on any atom is -0.320 e. The van der Waals surface area contributed by atoms with Crippen LogP contribution in [0.5, 0.6) is 0 Å². The van der Waals surface area contributed by atoms with E-state index in [0.29, 0.717) is 18.2 Å². The summed E-state index contributed by atoms with van der Waals surface area (Å²) in [5.41, 5.74) is 7.01. The summed E-state index contributed by atoms with van der Waals surface area (Å²) in [4.78, 5) is 2.29. The van der Waals surface area contributed by atoms with Gasteiger partial charge in [0.1, 0.15) is 5.82 Å². The highest BCUT2D eigenvalue weighted by atomic mass is 19.1. The van der Waals surface area contributed by atoms with E-state index in [1.807, 2.05) is 6.07 Å². The van der Waals surface area contributed by atoms with Gasteiger partial charge in [0.2, 0.25) is 0 Å². The lowest BCUT2D eigenvalue weighted by Gasteiger charge is -2.34. The van der Waals surface area contributed by atoms with Gasteiger partial charge in [-0.1, -0.05) is 18.3 Å². The summed E-state index contributed by atoms with van der Waals surface area (Å²) in [5.74, 6) is 5.41. The molecule has 0 heterocycles. The Kier molecular flexibility index (Phi) is 4.35. The molecule has 0 unspecified atom stereocenters. The maximum Gasteiger partial charge on any atom is 0.124 e. The number of halogens is 1. The molecule has 2 N–H and O–H groups in total. The van der Waals surface area contributed by atoms with E-state index >= 15 is 0 Å². The number of nitrogens with two attached hydrogens (primary N) is 1. The van der Waals surface area contributed by atoms with Crippen molar-refractivity contribution in [3.05, 3.63) is 35.1 Å². The number of nitrogens with zero attached hydrogens (tertiary/aromatic N) is 1. The average Bonchev–Trinajstić information content (AvgIpc) is 2.22. The van der Waals surface area contributed by atoms with Crippen molar-refractivity contribution in [1.82, 2.24) is 4.90 Å². The predicted octanol–water partition coefficient (Wildman–Crippen LogP) is 2.12. The largest absolute Gasteiger partial charge is 0.320 e. The van der Waals surface area contributed by atoms with Gasteiger partial charge in [0, 0.05) is 18.2 Å². The van der Waals surface area contributed by atoms with E-state index in [1.54, 1.807) is 6.07 Å². The molecule has 96 valence electrons. The van der Waals surface area contributed by atoms with Crippen LogP contribution in [0.2, 0.25) is 0 Å². The number of rotatable bonds is 3. The van der Waals surface area contributed by atoms with Gasteiger partial charge in [0.15, 0.2) is 0 Å². The molecule has 1 saturated carbocycles. The van der Waals surface area contributed by atoms with Crippen molar-refractivity contribution in [2.75, 3.05) is 13.6 Å². The molecule has 18 heavy (non-hydrogen) atoms. The van der Waals surface area contributed by atoms with Crippen molar-refractivity contribution in [2.24, 2.45) is 5.73 Å². The summed E-state index contributed by atoms with van der Waals surface area (Å²) < 4.78 is 13.5. The Morgan fingerprint density at radius 3 is 2.78 bits per heavy atom. The Balaban J connectivity index is 2.09. The van der Waals surface area contributed by atoms with E-state index < -0.39 is 0 Å². The molecule has 1 fully saturated rings. The van der Waals surface area contributed by atoms with E-state index in [4.69, 9.17) is 5.73 Å². The van der Waals surface area contributed by atoms with Gasteiger partial charge >= 0.3 is 0 Å². The first-order chi connectivity index (χ1) is 8.69. The smallest absolute Gasteiger partial charge is 0.124 e. The van der Waals surface area contributed by atoms with E-state index in [9.17, 15) is 4.39 Å². The topological polar surface area (TPSA) is 29.3 Å². The molecule has 1 aliphatic carbocycles. The second-order valence-corrected chi connectivity index (χ2v) is 4.85. The van der Waals surface area contributed by atoms with Gasteiger partial charge < -0.3 is 5.73 Å². The van der Waals surface area contributed by atoms with Crippen molar-refractivity contribution in [3.8, 4) is 11.8 Å². The van der Waals surface area contributed by atoms with Crippen molar-refractivity contribution in [2.45, 2.75) is 31.8 Å². The van der Waals surface area contributed by atoms with Gasteiger partial charge in [0.25, 0.3) is 0 Å². The summed E-state index contributed by atoms with van der Waals surface area (Å²) in [6, 6.07) is 5.64. The summed E-state index contributed by atoms with van der Waals surface area (Å²) in [5, 5.41) is 0. The van der Waals surface area contributed by atoms with E-state index in [1.165, 1.54) is 25.3 Å². The fraction of sp³-hybridized carbons (Fsp3) is 0.467. The zero-order chi connectivity index (χ0) is 13.0. The summed E-state index contributed by atoms with van der Waals surface area (Å²) in [7, 11) is 2.10. The summed E-state index contributed by atoms with van der Waals surface area (Å²) in [6.45, 7) is 1.08. The van der Waals surface area contributed by atoms with Gasteiger partial charge in [-0.15, -0.1) is 0 Å². The van der Waals surface area contributed by atoms with Gasteiger partial charge in [-0.05, 0) is 43.7 Å². The van der Waals surface area contributed by atoms with Crippen LogP contribution in [0.4, 0.5) is 4.39 Å². The molecule has 0 radical (unpaired) electrons. The summed E-state index contributed by atoms with van der Waals surface area (Å²) in [6.07, 6.45) is 3.82. The normalized spacial score (nSPS) is 15.1. The van der Waals surface area contributed by atoms with Crippen LogP contribution in [0.3, 0.4) is 0 Å². The van der Waals surface area contributed by atoms with Gasteiger partial charge in [-0.3, -0.25) is 4.90 Å². The third-order valence-corrected chi connectivity index (χ3v) is 3.42. The molecule has 0 amide bonds. The Bertz CT molecular complexity index is 469. The minimum atomic E-state index is -0.226. The third-order valence-electron chi connectivity index (χ3n) is 3.42. The zero-order valence-corrected chi connectivity index (χ0v) is 10.7. The monoisotopic (exact) mass is 246 g/mol. The van der Waals surface area contributed by atoms with Crippen LogP contribution in [0.1, 0.15) is 30.4 Å². The number of hydrogen-bond donors (Lipinski definition) is 1. The molecule has 2 rings (SSSR count). The molecule has 0 bridgehead atoms. The molecular weight excluding hydrogens is 227 g/mol. The molecule has 0 saturated heterocycles. The first-order valence-electron chi connectivity index (χ1n) is 6.37. The molecule has 1 aromatic carbocycles. The SMILES string of the molecule is CN(Cc1cc(F)cc(C#CCN)c1)C1CCC1. The minimum absolute atomic E-state index is 0.226. The van der Waals surface area contributed by atoms with Gasteiger partial charge in [-0.2, -0.15) is 0 Å². The third kappa shape index (κ3) is 3.32. The Hall–Kier alpha value is -1.37. The molecule has 0 aromatic heterocycles. The lowest BCUT2D eigenvalue weighted by Crippen LogP contribution is -2.36. The van der Waals surface area contributed by atoms with Gasteiger partial charge in [-0.25, -0.2) is 4.39 Å². The highest BCUT2D eigenvalue weighted by Crippen LogP contribution is 2.25.